The Balaban J connectivity index is 0.00000280. The second-order valence-corrected chi connectivity index (χ2v) is 7.61. The number of benzene rings is 2. The van der Waals surface area contributed by atoms with Gasteiger partial charge < -0.3 is 20.2 Å². The summed E-state index contributed by atoms with van der Waals surface area (Å²) in [7, 11) is 1.84. The Bertz CT molecular complexity index is 771. The summed E-state index contributed by atoms with van der Waals surface area (Å²) in [5, 5.41) is 13.6. The van der Waals surface area contributed by atoms with Gasteiger partial charge in [0.05, 0.1) is 5.69 Å². The van der Waals surface area contributed by atoms with Gasteiger partial charge in [-0.05, 0) is 17.7 Å². The number of phenolic OH excluding ortho intramolecular Hbond substituents is 1. The van der Waals surface area contributed by atoms with Crippen LogP contribution in [0.1, 0.15) is 19.4 Å². The summed E-state index contributed by atoms with van der Waals surface area (Å²) < 4.78 is 0. The molecule has 0 atom stereocenters. The average molecular weight is 494 g/mol. The maximum atomic E-state index is 10.1. The number of nitrogens with zero attached hydrogens (tertiary/aromatic N) is 3. The summed E-state index contributed by atoms with van der Waals surface area (Å²) in [4.78, 5) is 9.01. The number of guanidine groups is 1. The van der Waals surface area contributed by atoms with E-state index in [1.807, 2.05) is 25.2 Å². The van der Waals surface area contributed by atoms with Crippen molar-refractivity contribution in [3.8, 4) is 5.75 Å². The molecule has 0 aliphatic carbocycles. The molecule has 2 aromatic carbocycles. The highest BCUT2D eigenvalue weighted by molar-refractivity contribution is 14.0. The van der Waals surface area contributed by atoms with Crippen LogP contribution in [0.25, 0.3) is 0 Å². The van der Waals surface area contributed by atoms with Gasteiger partial charge in [0, 0.05) is 45.2 Å². The number of aromatic hydroxyl groups is 1. The van der Waals surface area contributed by atoms with Gasteiger partial charge in [0.2, 0.25) is 0 Å². The molecule has 1 aliphatic heterocycles. The fourth-order valence-corrected chi connectivity index (χ4v) is 3.51. The lowest BCUT2D eigenvalue weighted by Gasteiger charge is -2.38. The Hall–Kier alpha value is -1.96. The number of aliphatic imine (C=N–C) groups is 1. The molecule has 2 aromatic rings. The Labute approximate surface area is 185 Å². The lowest BCUT2D eigenvalue weighted by Crippen LogP contribution is -2.54. The minimum Gasteiger partial charge on any atom is -0.506 e. The molecule has 0 radical (unpaired) electrons. The first kappa shape index (κ1) is 22.3. The average Bonchev–Trinajstić information content (AvgIpc) is 2.70. The minimum atomic E-state index is 0. The van der Waals surface area contributed by atoms with Gasteiger partial charge in [-0.15, -0.1) is 24.0 Å². The normalized spacial score (nSPS) is 15.2. The number of para-hydroxylation sites is 2. The molecule has 152 valence electrons. The standard InChI is InChI=1S/C22H30N4O.HI/c1-22(2,18-9-5-4-6-10-18)17-24-21(23-3)26-15-13-25(14-16-26)19-11-7-8-12-20(19)27;/h4-12,27H,13-17H2,1-3H3,(H,23,24);1H. The van der Waals surface area contributed by atoms with E-state index in [1.54, 1.807) is 6.07 Å². The third-order valence-electron chi connectivity index (χ3n) is 5.26. The number of halogens is 1. The van der Waals surface area contributed by atoms with E-state index in [4.69, 9.17) is 0 Å². The van der Waals surface area contributed by atoms with Crippen molar-refractivity contribution in [1.29, 1.82) is 0 Å². The predicted octanol–water partition coefficient (Wildman–Crippen LogP) is 3.69. The fraction of sp³-hybridized carbons (Fsp3) is 0.409. The van der Waals surface area contributed by atoms with Crippen molar-refractivity contribution in [3.63, 3.8) is 0 Å². The van der Waals surface area contributed by atoms with Crippen LogP contribution in [0.5, 0.6) is 5.75 Å². The minimum absolute atomic E-state index is 0. The highest BCUT2D eigenvalue weighted by atomic mass is 127. The monoisotopic (exact) mass is 494 g/mol. The maximum Gasteiger partial charge on any atom is 0.193 e. The van der Waals surface area contributed by atoms with Gasteiger partial charge in [-0.3, -0.25) is 4.99 Å². The van der Waals surface area contributed by atoms with Crippen molar-refractivity contribution in [2.45, 2.75) is 19.3 Å². The van der Waals surface area contributed by atoms with E-state index in [0.717, 1.165) is 44.4 Å². The summed E-state index contributed by atoms with van der Waals surface area (Å²) >= 11 is 0. The lowest BCUT2D eigenvalue weighted by atomic mass is 9.85. The second kappa shape index (κ2) is 10.0. The van der Waals surface area contributed by atoms with Crippen LogP contribution >= 0.6 is 24.0 Å². The fourth-order valence-electron chi connectivity index (χ4n) is 3.51. The van der Waals surface area contributed by atoms with Gasteiger partial charge in [-0.2, -0.15) is 0 Å². The Kier molecular flexibility index (Phi) is 7.98. The van der Waals surface area contributed by atoms with E-state index >= 15 is 0 Å². The summed E-state index contributed by atoms with van der Waals surface area (Å²) in [6.45, 7) is 8.79. The van der Waals surface area contributed by atoms with Crippen LogP contribution in [-0.2, 0) is 5.41 Å². The van der Waals surface area contributed by atoms with Gasteiger partial charge in [0.25, 0.3) is 0 Å². The highest BCUT2D eigenvalue weighted by Gasteiger charge is 2.24. The molecule has 6 heteroatoms. The molecule has 1 heterocycles. The van der Waals surface area contributed by atoms with Gasteiger partial charge >= 0.3 is 0 Å². The molecule has 28 heavy (non-hydrogen) atoms. The summed E-state index contributed by atoms with van der Waals surface area (Å²) in [6, 6.07) is 18.1. The van der Waals surface area contributed by atoms with Crippen molar-refractivity contribution in [2.24, 2.45) is 4.99 Å². The molecule has 0 aromatic heterocycles. The van der Waals surface area contributed by atoms with E-state index in [1.165, 1.54) is 5.56 Å². The van der Waals surface area contributed by atoms with E-state index in [-0.39, 0.29) is 29.4 Å². The molecule has 0 bridgehead atoms. The highest BCUT2D eigenvalue weighted by Crippen LogP contribution is 2.27. The number of phenols is 1. The van der Waals surface area contributed by atoms with Crippen LogP contribution in [-0.4, -0.2) is 55.7 Å². The first-order chi connectivity index (χ1) is 13.0. The predicted molar refractivity (Wildman–Crippen MR) is 128 cm³/mol. The first-order valence-electron chi connectivity index (χ1n) is 9.55. The van der Waals surface area contributed by atoms with E-state index in [2.05, 4.69) is 64.3 Å². The van der Waals surface area contributed by atoms with Gasteiger partial charge in [0.1, 0.15) is 5.75 Å². The van der Waals surface area contributed by atoms with E-state index in [9.17, 15) is 5.11 Å². The molecule has 5 nitrogen and oxygen atoms in total. The smallest absolute Gasteiger partial charge is 0.193 e. The molecule has 0 saturated carbocycles. The SMILES string of the molecule is CN=C(NCC(C)(C)c1ccccc1)N1CCN(c2ccccc2O)CC1.I. The zero-order chi connectivity index (χ0) is 19.3. The topological polar surface area (TPSA) is 51.1 Å². The molecule has 1 fully saturated rings. The van der Waals surface area contributed by atoms with Gasteiger partial charge in [-0.1, -0.05) is 56.3 Å². The van der Waals surface area contributed by atoms with Crippen molar-refractivity contribution < 1.29 is 5.11 Å². The van der Waals surface area contributed by atoms with Crippen LogP contribution in [0.15, 0.2) is 59.6 Å². The molecular formula is C22H31IN4O. The largest absolute Gasteiger partial charge is 0.506 e. The number of piperazine rings is 1. The van der Waals surface area contributed by atoms with E-state index < -0.39 is 0 Å². The van der Waals surface area contributed by atoms with Gasteiger partial charge in [0.15, 0.2) is 5.96 Å². The first-order valence-corrected chi connectivity index (χ1v) is 9.55. The number of anilines is 1. The number of nitrogens with one attached hydrogen (secondary N) is 1. The van der Waals surface area contributed by atoms with E-state index in [0.29, 0.717) is 5.75 Å². The van der Waals surface area contributed by atoms with Crippen molar-refractivity contribution in [3.05, 3.63) is 60.2 Å². The molecule has 1 saturated heterocycles. The Morgan fingerprint density at radius 2 is 1.61 bits per heavy atom. The lowest BCUT2D eigenvalue weighted by molar-refractivity contribution is 0.364. The third-order valence-corrected chi connectivity index (χ3v) is 5.26. The Morgan fingerprint density at radius 3 is 2.21 bits per heavy atom. The Morgan fingerprint density at radius 1 is 1.00 bits per heavy atom. The van der Waals surface area contributed by atoms with Crippen LogP contribution < -0.4 is 10.2 Å². The number of hydrogen-bond acceptors (Lipinski definition) is 3. The zero-order valence-corrected chi connectivity index (χ0v) is 19.3. The molecule has 0 spiro atoms. The van der Waals surface area contributed by atoms with Crippen LogP contribution in [0.4, 0.5) is 5.69 Å². The molecule has 0 unspecified atom stereocenters. The molecule has 1 aliphatic rings. The summed E-state index contributed by atoms with van der Waals surface area (Å²) in [5.74, 6) is 1.29. The van der Waals surface area contributed by atoms with Crippen LogP contribution in [0.3, 0.4) is 0 Å². The summed E-state index contributed by atoms with van der Waals surface area (Å²) in [5.41, 5.74) is 2.25. The summed E-state index contributed by atoms with van der Waals surface area (Å²) in [6.07, 6.45) is 0. The molecule has 3 rings (SSSR count). The third kappa shape index (κ3) is 5.31. The quantitative estimate of drug-likeness (QED) is 0.387. The number of hydrogen-bond donors (Lipinski definition) is 2. The molecule has 2 N–H and O–H groups in total. The molecular weight excluding hydrogens is 463 g/mol. The zero-order valence-electron chi connectivity index (χ0n) is 16.9. The van der Waals surface area contributed by atoms with Crippen molar-refractivity contribution >= 4 is 35.6 Å². The van der Waals surface area contributed by atoms with Crippen LogP contribution in [0, 0.1) is 0 Å². The number of rotatable bonds is 4. The van der Waals surface area contributed by atoms with Gasteiger partial charge in [-0.25, -0.2) is 0 Å². The van der Waals surface area contributed by atoms with Crippen LogP contribution in [0.2, 0.25) is 0 Å². The van der Waals surface area contributed by atoms with Crippen molar-refractivity contribution in [1.82, 2.24) is 10.2 Å². The van der Waals surface area contributed by atoms with Crippen molar-refractivity contribution in [2.75, 3.05) is 44.7 Å². The molecule has 0 amide bonds. The second-order valence-electron chi connectivity index (χ2n) is 7.61. The maximum absolute atomic E-state index is 10.1.